The Kier molecular flexibility index (Phi) is 4.13. The maximum atomic E-state index is 10.8. The second-order valence-electron chi connectivity index (χ2n) is 2.51. The summed E-state index contributed by atoms with van der Waals surface area (Å²) in [6, 6.07) is 7.00. The number of nitrogens with zero attached hydrogens (tertiary/aromatic N) is 1. The molecule has 0 heterocycles. The van der Waals surface area contributed by atoms with E-state index < -0.39 is 6.09 Å². The molecule has 0 aliphatic rings. The molecule has 1 amide bonds. The van der Waals surface area contributed by atoms with Crippen LogP contribution < -0.4 is 0 Å². The second kappa shape index (κ2) is 5.40. The van der Waals surface area contributed by atoms with Crippen LogP contribution in [0.2, 0.25) is 5.02 Å². The number of hydrogen-bond donors (Lipinski definition) is 0. The summed E-state index contributed by atoms with van der Waals surface area (Å²) < 4.78 is 4.62. The predicted molar refractivity (Wildman–Crippen MR) is 56.1 cm³/mol. The molecule has 3 nitrogen and oxygen atoms in total. The van der Waals surface area contributed by atoms with Crippen molar-refractivity contribution in [1.82, 2.24) is 0 Å². The number of rotatable bonds is 2. The quantitative estimate of drug-likeness (QED) is 0.706. The third-order valence-corrected chi connectivity index (χ3v) is 1.71. The maximum absolute atomic E-state index is 10.8. The number of carbonyl (C=O) groups excluding carboxylic acids is 1. The molecule has 0 unspecified atom stereocenters. The summed E-state index contributed by atoms with van der Waals surface area (Å²) in [5.74, 6) is 0. The molecule has 0 N–H and O–H groups in total. The first-order chi connectivity index (χ1) is 6.72. The minimum Gasteiger partial charge on any atom is -0.448 e. The lowest BCUT2D eigenvalue weighted by molar-refractivity contribution is 0.164. The minimum atomic E-state index is -0.581. The zero-order chi connectivity index (χ0) is 10.4. The zero-order valence-corrected chi connectivity index (χ0v) is 8.49. The van der Waals surface area contributed by atoms with Gasteiger partial charge < -0.3 is 4.74 Å². The Labute approximate surface area is 87.4 Å². The first-order valence-electron chi connectivity index (χ1n) is 4.18. The van der Waals surface area contributed by atoms with E-state index in [1.54, 1.807) is 31.2 Å². The van der Waals surface area contributed by atoms with Crippen LogP contribution in [0, 0.1) is 0 Å². The van der Waals surface area contributed by atoms with Crippen molar-refractivity contribution in [2.24, 2.45) is 4.99 Å². The SMILES string of the molecule is CCOC(=O)N=Cc1ccc(Cl)cc1. The predicted octanol–water partition coefficient (Wildman–Crippen LogP) is 2.92. The standard InChI is InChI=1S/C10H10ClNO2/c1-2-14-10(13)12-7-8-3-5-9(11)6-4-8/h3-7H,2H2,1H3. The van der Waals surface area contributed by atoms with Gasteiger partial charge in [0.1, 0.15) is 0 Å². The summed E-state index contributed by atoms with van der Waals surface area (Å²) in [5.41, 5.74) is 0.808. The molecule has 0 aliphatic heterocycles. The lowest BCUT2D eigenvalue weighted by atomic mass is 10.2. The van der Waals surface area contributed by atoms with Crippen LogP contribution in [0.5, 0.6) is 0 Å². The van der Waals surface area contributed by atoms with Crippen LogP contribution in [0.15, 0.2) is 29.3 Å². The van der Waals surface area contributed by atoms with Crippen molar-refractivity contribution in [3.8, 4) is 0 Å². The van der Waals surface area contributed by atoms with Gasteiger partial charge in [-0.25, -0.2) is 4.79 Å². The summed E-state index contributed by atoms with van der Waals surface area (Å²) in [6.07, 6.45) is 0.858. The van der Waals surface area contributed by atoms with Crippen molar-refractivity contribution in [3.63, 3.8) is 0 Å². The number of carbonyl (C=O) groups is 1. The molecule has 0 saturated carbocycles. The fourth-order valence-electron chi connectivity index (χ4n) is 0.837. The second-order valence-corrected chi connectivity index (χ2v) is 2.95. The Hall–Kier alpha value is -1.35. The molecule has 0 radical (unpaired) electrons. The van der Waals surface area contributed by atoms with E-state index in [1.165, 1.54) is 6.21 Å². The highest BCUT2D eigenvalue weighted by atomic mass is 35.5. The summed E-state index contributed by atoms with van der Waals surface area (Å²) in [5, 5.41) is 0.651. The number of halogens is 1. The molecule has 0 aliphatic carbocycles. The van der Waals surface area contributed by atoms with Gasteiger partial charge in [-0.15, -0.1) is 0 Å². The molecule has 0 saturated heterocycles. The number of aliphatic imine (C=N–C) groups is 1. The van der Waals surface area contributed by atoms with Crippen molar-refractivity contribution in [2.75, 3.05) is 6.61 Å². The average molecular weight is 212 g/mol. The van der Waals surface area contributed by atoms with Crippen molar-refractivity contribution in [3.05, 3.63) is 34.9 Å². The maximum Gasteiger partial charge on any atom is 0.433 e. The zero-order valence-electron chi connectivity index (χ0n) is 7.74. The third kappa shape index (κ3) is 3.58. The molecule has 1 aromatic rings. The van der Waals surface area contributed by atoms with Gasteiger partial charge in [-0.1, -0.05) is 23.7 Å². The van der Waals surface area contributed by atoms with E-state index >= 15 is 0 Å². The van der Waals surface area contributed by atoms with Gasteiger partial charge in [0, 0.05) is 11.2 Å². The van der Waals surface area contributed by atoms with Crippen molar-refractivity contribution >= 4 is 23.9 Å². The number of ether oxygens (including phenoxy) is 1. The van der Waals surface area contributed by atoms with Crippen molar-refractivity contribution in [1.29, 1.82) is 0 Å². The Morgan fingerprint density at radius 1 is 1.50 bits per heavy atom. The third-order valence-electron chi connectivity index (χ3n) is 1.46. The van der Waals surface area contributed by atoms with Gasteiger partial charge in [-0.3, -0.25) is 0 Å². The van der Waals surface area contributed by atoms with Crippen LogP contribution in [-0.2, 0) is 4.74 Å². The molecule has 0 atom stereocenters. The molecule has 74 valence electrons. The molecule has 1 aromatic carbocycles. The largest absolute Gasteiger partial charge is 0.448 e. The lowest BCUT2D eigenvalue weighted by Crippen LogP contribution is -1.97. The smallest absolute Gasteiger partial charge is 0.433 e. The van der Waals surface area contributed by atoms with Gasteiger partial charge in [-0.05, 0) is 24.6 Å². The summed E-state index contributed by atoms with van der Waals surface area (Å²) in [4.78, 5) is 14.4. The van der Waals surface area contributed by atoms with Crippen LogP contribution in [0.4, 0.5) is 4.79 Å². The molecule has 14 heavy (non-hydrogen) atoms. The van der Waals surface area contributed by atoms with Gasteiger partial charge in [-0.2, -0.15) is 4.99 Å². The Morgan fingerprint density at radius 3 is 2.71 bits per heavy atom. The topological polar surface area (TPSA) is 38.7 Å². The highest BCUT2D eigenvalue weighted by Gasteiger charge is 1.94. The van der Waals surface area contributed by atoms with Gasteiger partial charge >= 0.3 is 6.09 Å². The van der Waals surface area contributed by atoms with Crippen LogP contribution in [0.1, 0.15) is 12.5 Å². The first kappa shape index (κ1) is 10.7. The van der Waals surface area contributed by atoms with Crippen LogP contribution in [-0.4, -0.2) is 18.9 Å². The Bertz CT molecular complexity index is 332. The average Bonchev–Trinajstić information content (AvgIpc) is 2.17. The van der Waals surface area contributed by atoms with E-state index in [4.69, 9.17) is 11.6 Å². The highest BCUT2D eigenvalue weighted by molar-refractivity contribution is 6.30. The van der Waals surface area contributed by atoms with Crippen LogP contribution in [0.3, 0.4) is 0 Å². The van der Waals surface area contributed by atoms with E-state index in [9.17, 15) is 4.79 Å². The molecular formula is C10H10ClNO2. The number of benzene rings is 1. The van der Waals surface area contributed by atoms with Crippen molar-refractivity contribution in [2.45, 2.75) is 6.92 Å². The van der Waals surface area contributed by atoms with Crippen LogP contribution in [0.25, 0.3) is 0 Å². The molecule has 1 rings (SSSR count). The van der Waals surface area contributed by atoms with E-state index in [0.29, 0.717) is 11.6 Å². The molecule has 0 fully saturated rings. The first-order valence-corrected chi connectivity index (χ1v) is 4.56. The van der Waals surface area contributed by atoms with Crippen molar-refractivity contribution < 1.29 is 9.53 Å². The van der Waals surface area contributed by atoms with E-state index in [2.05, 4.69) is 9.73 Å². The van der Waals surface area contributed by atoms with E-state index in [0.717, 1.165) is 5.56 Å². The Morgan fingerprint density at radius 2 is 2.14 bits per heavy atom. The lowest BCUT2D eigenvalue weighted by Gasteiger charge is -1.94. The summed E-state index contributed by atoms with van der Waals surface area (Å²) in [6.45, 7) is 2.06. The van der Waals surface area contributed by atoms with E-state index in [1.807, 2.05) is 0 Å². The van der Waals surface area contributed by atoms with Gasteiger partial charge in [0.2, 0.25) is 0 Å². The minimum absolute atomic E-state index is 0.330. The molecule has 4 heteroatoms. The fourth-order valence-corrected chi connectivity index (χ4v) is 0.963. The summed E-state index contributed by atoms with van der Waals surface area (Å²) in [7, 11) is 0. The Balaban J connectivity index is 2.60. The molecular weight excluding hydrogens is 202 g/mol. The highest BCUT2D eigenvalue weighted by Crippen LogP contribution is 2.07. The van der Waals surface area contributed by atoms with E-state index in [-0.39, 0.29) is 0 Å². The fraction of sp³-hybridized carbons (Fsp3) is 0.200. The molecule has 0 spiro atoms. The van der Waals surface area contributed by atoms with Gasteiger partial charge in [0.05, 0.1) is 6.61 Å². The van der Waals surface area contributed by atoms with Gasteiger partial charge in [0.15, 0.2) is 0 Å². The number of amides is 1. The molecule has 0 aromatic heterocycles. The number of hydrogen-bond acceptors (Lipinski definition) is 2. The van der Waals surface area contributed by atoms with Gasteiger partial charge in [0.25, 0.3) is 0 Å². The normalized spacial score (nSPS) is 10.4. The summed E-state index contributed by atoms with van der Waals surface area (Å²) >= 11 is 5.69. The van der Waals surface area contributed by atoms with Crippen LogP contribution >= 0.6 is 11.6 Å². The molecule has 0 bridgehead atoms. The monoisotopic (exact) mass is 211 g/mol.